The van der Waals surface area contributed by atoms with Crippen molar-refractivity contribution in [2.24, 2.45) is 0 Å². The number of rotatable bonds is 13. The molecule has 0 aliphatic heterocycles. The van der Waals surface area contributed by atoms with Crippen LogP contribution in [0.1, 0.15) is 89.7 Å². The minimum absolute atomic E-state index is 0.550. The summed E-state index contributed by atoms with van der Waals surface area (Å²) in [5.74, 6) is 0. The lowest BCUT2D eigenvalue weighted by atomic mass is 9.99. The van der Waals surface area contributed by atoms with E-state index >= 15 is 0 Å². The Morgan fingerprint density at radius 2 is 1.38 bits per heavy atom. The molecule has 0 fully saturated rings. The van der Waals surface area contributed by atoms with Gasteiger partial charge < -0.3 is 5.32 Å². The highest BCUT2D eigenvalue weighted by atomic mass is 14.9. The third-order valence-electron chi connectivity index (χ3n) is 4.22. The normalized spacial score (nSPS) is 12.5. The Hall–Kier alpha value is -0.820. The van der Waals surface area contributed by atoms with Crippen LogP contribution < -0.4 is 5.32 Å². The van der Waals surface area contributed by atoms with E-state index in [1.165, 1.54) is 69.8 Å². The minimum atomic E-state index is 0.550. The predicted molar refractivity (Wildman–Crippen MR) is 94.7 cm³/mol. The molecule has 0 amide bonds. The lowest BCUT2D eigenvalue weighted by Crippen LogP contribution is -2.22. The van der Waals surface area contributed by atoms with Crippen molar-refractivity contribution < 1.29 is 0 Å². The van der Waals surface area contributed by atoms with E-state index in [4.69, 9.17) is 0 Å². The highest BCUT2D eigenvalue weighted by molar-refractivity contribution is 5.18. The molecule has 0 spiro atoms. The number of hydrogen-bond acceptors (Lipinski definition) is 1. The van der Waals surface area contributed by atoms with Gasteiger partial charge in [-0.2, -0.15) is 0 Å². The Labute approximate surface area is 132 Å². The highest BCUT2D eigenvalue weighted by Crippen LogP contribution is 2.20. The van der Waals surface area contributed by atoms with Crippen molar-refractivity contribution in [3.63, 3.8) is 0 Å². The maximum atomic E-state index is 3.77. The fourth-order valence-corrected chi connectivity index (χ4v) is 2.85. The zero-order valence-electron chi connectivity index (χ0n) is 14.2. The Bertz CT molecular complexity index is 320. The fourth-order valence-electron chi connectivity index (χ4n) is 2.85. The lowest BCUT2D eigenvalue weighted by Gasteiger charge is -2.19. The van der Waals surface area contributed by atoms with E-state index in [-0.39, 0.29) is 0 Å². The first-order chi connectivity index (χ1) is 10.4. The summed E-state index contributed by atoms with van der Waals surface area (Å²) in [6.07, 6.45) is 13.5. The van der Waals surface area contributed by atoms with Gasteiger partial charge in [-0.05, 0) is 24.9 Å². The van der Waals surface area contributed by atoms with Crippen molar-refractivity contribution in [3.8, 4) is 0 Å². The number of nitrogens with one attached hydrogen (secondary N) is 1. The molecule has 1 rings (SSSR count). The standard InChI is InChI=1S/C20H35N/c1-3-5-7-8-9-13-17-20(21-18-14-6-4-2)19-15-11-10-12-16-19/h10-12,15-16,20-21H,3-9,13-14,17-18H2,1-2H3. The molecule has 1 heteroatoms. The molecule has 0 radical (unpaired) electrons. The number of unbranched alkanes of at least 4 members (excludes halogenated alkanes) is 7. The van der Waals surface area contributed by atoms with Gasteiger partial charge in [0.1, 0.15) is 0 Å². The molecular weight excluding hydrogens is 254 g/mol. The summed E-state index contributed by atoms with van der Waals surface area (Å²) in [6, 6.07) is 11.5. The van der Waals surface area contributed by atoms with Crippen LogP contribution in [0, 0.1) is 0 Å². The SMILES string of the molecule is CCCCCCCCC(NCCCCC)c1ccccc1. The van der Waals surface area contributed by atoms with Gasteiger partial charge in [0, 0.05) is 6.04 Å². The first-order valence-corrected chi connectivity index (χ1v) is 9.16. The zero-order chi connectivity index (χ0) is 15.2. The van der Waals surface area contributed by atoms with E-state index in [1.807, 2.05) is 0 Å². The molecule has 0 aromatic heterocycles. The van der Waals surface area contributed by atoms with E-state index in [2.05, 4.69) is 49.5 Å². The molecule has 1 atom stereocenters. The maximum absolute atomic E-state index is 3.77. The summed E-state index contributed by atoms with van der Waals surface area (Å²) in [4.78, 5) is 0. The van der Waals surface area contributed by atoms with Crippen LogP contribution in [0.3, 0.4) is 0 Å². The molecular formula is C20H35N. The minimum Gasteiger partial charge on any atom is -0.310 e. The summed E-state index contributed by atoms with van der Waals surface area (Å²) in [5.41, 5.74) is 1.46. The smallest absolute Gasteiger partial charge is 0.0320 e. The zero-order valence-corrected chi connectivity index (χ0v) is 14.2. The van der Waals surface area contributed by atoms with Crippen molar-refractivity contribution >= 4 is 0 Å². The van der Waals surface area contributed by atoms with Gasteiger partial charge in [-0.1, -0.05) is 95.5 Å². The van der Waals surface area contributed by atoms with Crippen LogP contribution in [-0.2, 0) is 0 Å². The summed E-state index contributed by atoms with van der Waals surface area (Å²) >= 11 is 0. The molecule has 1 nitrogen and oxygen atoms in total. The first kappa shape index (κ1) is 18.2. The molecule has 0 heterocycles. The third-order valence-corrected chi connectivity index (χ3v) is 4.22. The first-order valence-electron chi connectivity index (χ1n) is 9.16. The number of benzene rings is 1. The molecule has 21 heavy (non-hydrogen) atoms. The van der Waals surface area contributed by atoms with Crippen LogP contribution in [0.15, 0.2) is 30.3 Å². The average Bonchev–Trinajstić information content (AvgIpc) is 2.53. The Balaban J connectivity index is 2.30. The van der Waals surface area contributed by atoms with E-state index in [1.54, 1.807) is 0 Å². The Morgan fingerprint density at radius 3 is 2.10 bits per heavy atom. The molecule has 1 unspecified atom stereocenters. The van der Waals surface area contributed by atoms with Crippen LogP contribution in [-0.4, -0.2) is 6.54 Å². The second-order valence-electron chi connectivity index (χ2n) is 6.18. The lowest BCUT2D eigenvalue weighted by molar-refractivity contribution is 0.458. The molecule has 120 valence electrons. The number of hydrogen-bond donors (Lipinski definition) is 1. The predicted octanol–water partition coefficient (Wildman–Crippen LogP) is 6.26. The average molecular weight is 290 g/mol. The van der Waals surface area contributed by atoms with E-state index in [0.29, 0.717) is 6.04 Å². The van der Waals surface area contributed by atoms with Crippen molar-refractivity contribution in [2.45, 2.75) is 84.1 Å². The van der Waals surface area contributed by atoms with Crippen molar-refractivity contribution in [3.05, 3.63) is 35.9 Å². The van der Waals surface area contributed by atoms with Crippen LogP contribution in [0.2, 0.25) is 0 Å². The van der Waals surface area contributed by atoms with Gasteiger partial charge in [-0.15, -0.1) is 0 Å². The van der Waals surface area contributed by atoms with Crippen molar-refractivity contribution in [1.82, 2.24) is 5.32 Å². The summed E-state index contributed by atoms with van der Waals surface area (Å²) in [7, 11) is 0. The molecule has 0 aliphatic carbocycles. The van der Waals surface area contributed by atoms with Gasteiger partial charge in [0.2, 0.25) is 0 Å². The van der Waals surface area contributed by atoms with E-state index in [0.717, 1.165) is 6.54 Å². The van der Waals surface area contributed by atoms with Crippen molar-refractivity contribution in [2.75, 3.05) is 6.54 Å². The quantitative estimate of drug-likeness (QED) is 0.423. The molecule has 0 saturated heterocycles. The fraction of sp³-hybridized carbons (Fsp3) is 0.700. The van der Waals surface area contributed by atoms with Gasteiger partial charge in [0.15, 0.2) is 0 Å². The van der Waals surface area contributed by atoms with Crippen LogP contribution in [0.4, 0.5) is 0 Å². The van der Waals surface area contributed by atoms with Gasteiger partial charge in [-0.3, -0.25) is 0 Å². The highest BCUT2D eigenvalue weighted by Gasteiger charge is 2.09. The molecule has 1 N–H and O–H groups in total. The van der Waals surface area contributed by atoms with Gasteiger partial charge in [0.25, 0.3) is 0 Å². The molecule has 1 aromatic carbocycles. The summed E-state index contributed by atoms with van der Waals surface area (Å²) in [5, 5.41) is 3.77. The van der Waals surface area contributed by atoms with E-state index in [9.17, 15) is 0 Å². The van der Waals surface area contributed by atoms with Crippen LogP contribution in [0.25, 0.3) is 0 Å². The summed E-state index contributed by atoms with van der Waals surface area (Å²) < 4.78 is 0. The third kappa shape index (κ3) is 8.93. The Kier molecular flexibility index (Phi) is 11.2. The van der Waals surface area contributed by atoms with Crippen molar-refractivity contribution in [1.29, 1.82) is 0 Å². The molecule has 0 aliphatic rings. The second kappa shape index (κ2) is 12.9. The second-order valence-corrected chi connectivity index (χ2v) is 6.18. The van der Waals surface area contributed by atoms with Crippen LogP contribution in [0.5, 0.6) is 0 Å². The molecule has 0 bridgehead atoms. The van der Waals surface area contributed by atoms with Crippen LogP contribution >= 0.6 is 0 Å². The largest absolute Gasteiger partial charge is 0.310 e. The molecule has 0 saturated carbocycles. The maximum Gasteiger partial charge on any atom is 0.0320 e. The van der Waals surface area contributed by atoms with Gasteiger partial charge in [0.05, 0.1) is 0 Å². The summed E-state index contributed by atoms with van der Waals surface area (Å²) in [6.45, 7) is 5.71. The Morgan fingerprint density at radius 1 is 0.762 bits per heavy atom. The van der Waals surface area contributed by atoms with E-state index < -0.39 is 0 Å². The molecule has 1 aromatic rings. The van der Waals surface area contributed by atoms with Gasteiger partial charge in [-0.25, -0.2) is 0 Å². The van der Waals surface area contributed by atoms with Gasteiger partial charge >= 0.3 is 0 Å². The monoisotopic (exact) mass is 289 g/mol. The topological polar surface area (TPSA) is 12.0 Å².